The van der Waals surface area contributed by atoms with Gasteiger partial charge in [0.05, 0.1) is 6.61 Å². The van der Waals surface area contributed by atoms with Crippen LogP contribution in [0.4, 0.5) is 0 Å². The van der Waals surface area contributed by atoms with Gasteiger partial charge < -0.3 is 15.7 Å². The summed E-state index contributed by atoms with van der Waals surface area (Å²) >= 11 is 0. The third kappa shape index (κ3) is 2.62. The molecule has 0 spiro atoms. The molecule has 0 amide bonds. The van der Waals surface area contributed by atoms with Crippen molar-refractivity contribution in [3.05, 3.63) is 24.0 Å². The van der Waals surface area contributed by atoms with E-state index < -0.39 is 0 Å². The minimum Gasteiger partial charge on any atom is -0.493 e. The van der Waals surface area contributed by atoms with E-state index in [2.05, 4.69) is 10.1 Å². The highest BCUT2D eigenvalue weighted by atomic mass is 16.5. The molecule has 76 valence electrons. The molecule has 0 bridgehead atoms. The maximum Gasteiger partial charge on any atom is 0.143 e. The van der Waals surface area contributed by atoms with E-state index in [1.807, 2.05) is 6.92 Å². The third-order valence-electron chi connectivity index (χ3n) is 1.66. The molecule has 0 fully saturated rings. The second-order valence-corrected chi connectivity index (χ2v) is 2.68. The van der Waals surface area contributed by atoms with Gasteiger partial charge in [-0.15, -0.1) is 0 Å². The van der Waals surface area contributed by atoms with Gasteiger partial charge in [-0.05, 0) is 13.0 Å². The number of rotatable bonds is 4. The molecule has 1 aromatic heterocycles. The largest absolute Gasteiger partial charge is 0.493 e. The first-order chi connectivity index (χ1) is 6.77. The molecule has 0 saturated heterocycles. The Balaban J connectivity index is 2.84. The van der Waals surface area contributed by atoms with Crippen LogP contribution in [0.1, 0.15) is 12.5 Å². The first-order valence-corrected chi connectivity index (χ1v) is 4.30. The molecule has 0 unspecified atom stereocenters. The van der Waals surface area contributed by atoms with Crippen LogP contribution in [0, 0.1) is 0 Å². The number of aromatic nitrogens is 1. The maximum absolute atomic E-state index is 8.42. The first kappa shape index (κ1) is 10.3. The average molecular weight is 195 g/mol. The average Bonchev–Trinajstić information content (AvgIpc) is 2.21. The van der Waals surface area contributed by atoms with Crippen molar-refractivity contribution in [2.45, 2.75) is 13.3 Å². The van der Waals surface area contributed by atoms with Crippen molar-refractivity contribution in [1.29, 1.82) is 0 Å². The highest BCUT2D eigenvalue weighted by Crippen LogP contribution is 2.16. The number of hydrogen-bond acceptors (Lipinski definition) is 4. The molecule has 0 saturated carbocycles. The molecular formula is C9H13N3O2. The van der Waals surface area contributed by atoms with E-state index in [4.69, 9.17) is 15.7 Å². The molecular weight excluding hydrogens is 182 g/mol. The number of ether oxygens (including phenoxy) is 1. The van der Waals surface area contributed by atoms with Crippen LogP contribution < -0.4 is 10.5 Å². The zero-order chi connectivity index (χ0) is 10.4. The van der Waals surface area contributed by atoms with Gasteiger partial charge in [-0.2, -0.15) is 0 Å². The van der Waals surface area contributed by atoms with Crippen LogP contribution in [-0.4, -0.2) is 22.6 Å². The van der Waals surface area contributed by atoms with Crippen LogP contribution in [0.3, 0.4) is 0 Å². The van der Waals surface area contributed by atoms with E-state index in [0.717, 1.165) is 5.56 Å². The zero-order valence-corrected chi connectivity index (χ0v) is 7.97. The van der Waals surface area contributed by atoms with Crippen LogP contribution in [0.25, 0.3) is 0 Å². The quantitative estimate of drug-likeness (QED) is 0.322. The zero-order valence-electron chi connectivity index (χ0n) is 7.97. The molecule has 5 heteroatoms. The lowest BCUT2D eigenvalue weighted by atomic mass is 10.2. The van der Waals surface area contributed by atoms with E-state index in [1.165, 1.54) is 0 Å². The summed E-state index contributed by atoms with van der Waals surface area (Å²) in [5.41, 5.74) is 6.20. The first-order valence-electron chi connectivity index (χ1n) is 4.30. The maximum atomic E-state index is 8.42. The van der Waals surface area contributed by atoms with Gasteiger partial charge in [-0.3, -0.25) is 4.98 Å². The number of pyridine rings is 1. The Morgan fingerprint density at radius 2 is 2.50 bits per heavy atom. The Labute approximate surface area is 82.2 Å². The molecule has 1 rings (SSSR count). The molecule has 0 aliphatic rings. The molecule has 1 heterocycles. The molecule has 0 aromatic carbocycles. The predicted octanol–water partition coefficient (Wildman–Crippen LogP) is 0.769. The minimum absolute atomic E-state index is 0.138. The summed E-state index contributed by atoms with van der Waals surface area (Å²) in [5, 5.41) is 11.3. The van der Waals surface area contributed by atoms with Gasteiger partial charge >= 0.3 is 0 Å². The second kappa shape index (κ2) is 5.06. The summed E-state index contributed by atoms with van der Waals surface area (Å²) < 4.78 is 5.35. The standard InChI is InChI=1S/C9H13N3O2/c1-2-14-8-3-4-11-6-7(8)5-9(10)12-13/h3-4,6,13H,2,5H2,1H3,(H2,10,12). The van der Waals surface area contributed by atoms with Gasteiger partial charge in [-0.25, -0.2) is 0 Å². The van der Waals surface area contributed by atoms with Gasteiger partial charge in [0.2, 0.25) is 0 Å². The van der Waals surface area contributed by atoms with Crippen LogP contribution in [0.5, 0.6) is 5.75 Å². The van der Waals surface area contributed by atoms with E-state index in [1.54, 1.807) is 18.5 Å². The number of oxime groups is 1. The number of nitrogens with zero attached hydrogens (tertiary/aromatic N) is 2. The van der Waals surface area contributed by atoms with Crippen molar-refractivity contribution in [2.75, 3.05) is 6.61 Å². The Morgan fingerprint density at radius 1 is 1.71 bits per heavy atom. The van der Waals surface area contributed by atoms with Crippen molar-refractivity contribution in [1.82, 2.24) is 4.98 Å². The molecule has 5 nitrogen and oxygen atoms in total. The number of hydrogen-bond donors (Lipinski definition) is 2. The summed E-state index contributed by atoms with van der Waals surface area (Å²) in [6, 6.07) is 1.75. The van der Waals surface area contributed by atoms with Crippen molar-refractivity contribution in [3.63, 3.8) is 0 Å². The summed E-state index contributed by atoms with van der Waals surface area (Å²) in [6.07, 6.45) is 3.61. The highest BCUT2D eigenvalue weighted by Gasteiger charge is 2.04. The van der Waals surface area contributed by atoms with E-state index in [0.29, 0.717) is 18.8 Å². The molecule has 1 aromatic rings. The fourth-order valence-corrected chi connectivity index (χ4v) is 1.07. The van der Waals surface area contributed by atoms with E-state index in [-0.39, 0.29) is 5.84 Å². The molecule has 14 heavy (non-hydrogen) atoms. The van der Waals surface area contributed by atoms with Crippen molar-refractivity contribution in [2.24, 2.45) is 10.9 Å². The lowest BCUT2D eigenvalue weighted by Crippen LogP contribution is -2.15. The number of nitrogens with two attached hydrogens (primary N) is 1. The van der Waals surface area contributed by atoms with Crippen molar-refractivity contribution >= 4 is 5.84 Å². The van der Waals surface area contributed by atoms with Gasteiger partial charge in [0.15, 0.2) is 0 Å². The summed E-state index contributed by atoms with van der Waals surface area (Å²) in [7, 11) is 0. The summed E-state index contributed by atoms with van der Waals surface area (Å²) in [5.74, 6) is 0.855. The Hall–Kier alpha value is -1.78. The second-order valence-electron chi connectivity index (χ2n) is 2.68. The molecule has 0 atom stereocenters. The van der Waals surface area contributed by atoms with Crippen LogP contribution in [0.15, 0.2) is 23.6 Å². The lowest BCUT2D eigenvalue weighted by Gasteiger charge is -2.07. The monoisotopic (exact) mass is 195 g/mol. The fourth-order valence-electron chi connectivity index (χ4n) is 1.07. The van der Waals surface area contributed by atoms with Crippen LogP contribution >= 0.6 is 0 Å². The topological polar surface area (TPSA) is 80.7 Å². The Kier molecular flexibility index (Phi) is 3.72. The van der Waals surface area contributed by atoms with Crippen molar-refractivity contribution < 1.29 is 9.94 Å². The minimum atomic E-state index is 0.138. The molecule has 0 aliphatic carbocycles. The normalized spacial score (nSPS) is 11.4. The van der Waals surface area contributed by atoms with Crippen molar-refractivity contribution in [3.8, 4) is 5.75 Å². The van der Waals surface area contributed by atoms with Gasteiger partial charge in [0, 0.05) is 24.4 Å². The molecule has 0 radical (unpaired) electrons. The van der Waals surface area contributed by atoms with E-state index >= 15 is 0 Å². The SMILES string of the molecule is CCOc1ccncc1C/C(N)=N/O. The summed E-state index contributed by atoms with van der Waals surface area (Å²) in [4.78, 5) is 3.94. The van der Waals surface area contributed by atoms with Crippen LogP contribution in [0.2, 0.25) is 0 Å². The van der Waals surface area contributed by atoms with E-state index in [9.17, 15) is 0 Å². The van der Waals surface area contributed by atoms with Gasteiger partial charge in [0.25, 0.3) is 0 Å². The fraction of sp³-hybridized carbons (Fsp3) is 0.333. The Bertz CT molecular complexity index is 326. The molecule has 3 N–H and O–H groups in total. The van der Waals surface area contributed by atoms with Crippen LogP contribution in [-0.2, 0) is 6.42 Å². The summed E-state index contributed by atoms with van der Waals surface area (Å²) in [6.45, 7) is 2.47. The van der Waals surface area contributed by atoms with Gasteiger partial charge in [-0.1, -0.05) is 5.16 Å². The predicted molar refractivity (Wildman–Crippen MR) is 52.5 cm³/mol. The smallest absolute Gasteiger partial charge is 0.143 e. The van der Waals surface area contributed by atoms with Gasteiger partial charge in [0.1, 0.15) is 11.6 Å². The molecule has 0 aliphatic heterocycles. The number of amidine groups is 1. The lowest BCUT2D eigenvalue weighted by molar-refractivity contribution is 0.316. The Morgan fingerprint density at radius 3 is 3.14 bits per heavy atom. The third-order valence-corrected chi connectivity index (χ3v) is 1.66. The highest BCUT2D eigenvalue weighted by molar-refractivity contribution is 5.82.